The summed E-state index contributed by atoms with van der Waals surface area (Å²) in [5.41, 5.74) is 1.18. The molecule has 0 fully saturated rings. The Kier molecular flexibility index (Phi) is 3.75. The van der Waals surface area contributed by atoms with Crippen LogP contribution in [0.2, 0.25) is 0 Å². The van der Waals surface area contributed by atoms with Gasteiger partial charge in [0.1, 0.15) is 6.61 Å². The van der Waals surface area contributed by atoms with Crippen molar-refractivity contribution in [1.82, 2.24) is 19.8 Å². The van der Waals surface area contributed by atoms with E-state index in [9.17, 15) is 4.79 Å². The number of nitrogens with zero attached hydrogens (tertiary/aromatic N) is 3. The molecule has 0 spiro atoms. The van der Waals surface area contributed by atoms with E-state index in [1.54, 1.807) is 0 Å². The molecule has 2 rings (SSSR count). The van der Waals surface area contributed by atoms with Crippen LogP contribution in [-0.2, 0) is 16.1 Å². The Morgan fingerprint density at radius 2 is 2.53 bits per heavy atom. The standard InChI is InChI=1S/C11H18N4O2/c1-14-5-9-3-12-8-15(9)10(6-14)4-13-11(16)7-17-2/h3,8,10H,4-7H2,1-2H3,(H,13,16)/t10-/m0/s1. The molecule has 0 unspecified atom stereocenters. The van der Waals surface area contributed by atoms with Crippen LogP contribution in [0.5, 0.6) is 0 Å². The van der Waals surface area contributed by atoms with E-state index in [1.807, 2.05) is 12.5 Å². The number of methoxy groups -OCH3 is 1. The van der Waals surface area contributed by atoms with Crippen LogP contribution in [-0.4, -0.2) is 54.2 Å². The highest BCUT2D eigenvalue weighted by molar-refractivity contribution is 5.77. The van der Waals surface area contributed by atoms with Crippen molar-refractivity contribution in [3.63, 3.8) is 0 Å². The van der Waals surface area contributed by atoms with E-state index in [-0.39, 0.29) is 18.6 Å². The number of hydrogen-bond acceptors (Lipinski definition) is 4. The van der Waals surface area contributed by atoms with Gasteiger partial charge >= 0.3 is 0 Å². The molecule has 1 atom stereocenters. The number of nitrogens with one attached hydrogen (secondary N) is 1. The molecule has 0 aliphatic carbocycles. The van der Waals surface area contributed by atoms with Crippen LogP contribution in [0.1, 0.15) is 11.7 Å². The molecule has 0 saturated carbocycles. The van der Waals surface area contributed by atoms with Crippen molar-refractivity contribution in [1.29, 1.82) is 0 Å². The maximum Gasteiger partial charge on any atom is 0.246 e. The van der Waals surface area contributed by atoms with Crippen molar-refractivity contribution >= 4 is 5.91 Å². The molecule has 1 amide bonds. The molecular weight excluding hydrogens is 220 g/mol. The summed E-state index contributed by atoms with van der Waals surface area (Å²) >= 11 is 0. The van der Waals surface area contributed by atoms with Crippen LogP contribution in [0, 0.1) is 0 Å². The number of likely N-dealkylation sites (N-methyl/N-ethyl adjacent to an activating group) is 1. The molecule has 0 radical (unpaired) electrons. The minimum atomic E-state index is -0.0811. The zero-order chi connectivity index (χ0) is 12.3. The summed E-state index contributed by atoms with van der Waals surface area (Å²) in [6, 6.07) is 0.243. The second kappa shape index (κ2) is 5.29. The summed E-state index contributed by atoms with van der Waals surface area (Å²) in [4.78, 5) is 17.7. The fourth-order valence-electron chi connectivity index (χ4n) is 2.15. The zero-order valence-electron chi connectivity index (χ0n) is 10.2. The van der Waals surface area contributed by atoms with Gasteiger partial charge in [0, 0.05) is 32.9 Å². The largest absolute Gasteiger partial charge is 0.375 e. The molecule has 0 aromatic carbocycles. The van der Waals surface area contributed by atoms with Gasteiger partial charge in [-0.15, -0.1) is 0 Å². The van der Waals surface area contributed by atoms with Crippen molar-refractivity contribution in [3.8, 4) is 0 Å². The zero-order valence-corrected chi connectivity index (χ0v) is 10.2. The van der Waals surface area contributed by atoms with Crippen molar-refractivity contribution < 1.29 is 9.53 Å². The SMILES string of the molecule is COCC(=O)NC[C@H]1CN(C)Cc2cncn21. The summed E-state index contributed by atoms with van der Waals surface area (Å²) in [5, 5.41) is 2.87. The Morgan fingerprint density at radius 1 is 1.71 bits per heavy atom. The molecule has 6 nitrogen and oxygen atoms in total. The third-order valence-electron chi connectivity index (χ3n) is 2.90. The van der Waals surface area contributed by atoms with E-state index in [2.05, 4.69) is 26.8 Å². The van der Waals surface area contributed by atoms with Gasteiger partial charge in [-0.05, 0) is 7.05 Å². The average molecular weight is 238 g/mol. The molecule has 1 N–H and O–H groups in total. The van der Waals surface area contributed by atoms with Crippen molar-refractivity contribution in [2.75, 3.05) is 33.9 Å². The van der Waals surface area contributed by atoms with Crippen molar-refractivity contribution in [3.05, 3.63) is 18.2 Å². The van der Waals surface area contributed by atoms with E-state index < -0.39 is 0 Å². The lowest BCUT2D eigenvalue weighted by Crippen LogP contribution is -2.41. The summed E-state index contributed by atoms with van der Waals surface area (Å²) in [5.74, 6) is -0.0811. The van der Waals surface area contributed by atoms with Crippen LogP contribution < -0.4 is 5.32 Å². The minimum absolute atomic E-state index is 0.0811. The minimum Gasteiger partial charge on any atom is -0.375 e. The first-order valence-electron chi connectivity index (χ1n) is 5.65. The van der Waals surface area contributed by atoms with E-state index in [0.717, 1.165) is 13.1 Å². The molecule has 2 heterocycles. The first-order chi connectivity index (χ1) is 8.20. The Labute approximate surface area is 101 Å². The molecule has 1 aromatic heterocycles. The number of hydrogen-bond donors (Lipinski definition) is 1. The number of imidazole rings is 1. The maximum absolute atomic E-state index is 11.3. The second-order valence-electron chi connectivity index (χ2n) is 4.38. The Balaban J connectivity index is 1.96. The first-order valence-corrected chi connectivity index (χ1v) is 5.65. The molecule has 0 saturated heterocycles. The van der Waals surface area contributed by atoms with Gasteiger partial charge in [-0.3, -0.25) is 9.69 Å². The highest BCUT2D eigenvalue weighted by Gasteiger charge is 2.22. The number of carbonyl (C=O) groups is 1. The highest BCUT2D eigenvalue weighted by Crippen LogP contribution is 2.18. The van der Waals surface area contributed by atoms with E-state index >= 15 is 0 Å². The molecule has 17 heavy (non-hydrogen) atoms. The van der Waals surface area contributed by atoms with Crippen LogP contribution >= 0.6 is 0 Å². The summed E-state index contributed by atoms with van der Waals surface area (Å²) < 4.78 is 6.91. The van der Waals surface area contributed by atoms with E-state index in [0.29, 0.717) is 6.54 Å². The van der Waals surface area contributed by atoms with Crippen LogP contribution in [0.3, 0.4) is 0 Å². The number of amides is 1. The van der Waals surface area contributed by atoms with Crippen molar-refractivity contribution in [2.45, 2.75) is 12.6 Å². The number of ether oxygens (including phenoxy) is 1. The molecule has 1 aliphatic heterocycles. The molecular formula is C11H18N4O2. The van der Waals surface area contributed by atoms with Crippen LogP contribution in [0.15, 0.2) is 12.5 Å². The smallest absolute Gasteiger partial charge is 0.246 e. The van der Waals surface area contributed by atoms with Crippen LogP contribution in [0.4, 0.5) is 0 Å². The van der Waals surface area contributed by atoms with Gasteiger partial charge in [0.2, 0.25) is 5.91 Å². The Bertz CT molecular complexity index is 391. The fraction of sp³-hybridized carbons (Fsp3) is 0.636. The molecule has 94 valence electrons. The quantitative estimate of drug-likeness (QED) is 0.777. The van der Waals surface area contributed by atoms with Gasteiger partial charge in [-0.2, -0.15) is 0 Å². The molecule has 6 heteroatoms. The van der Waals surface area contributed by atoms with E-state index in [4.69, 9.17) is 4.74 Å². The van der Waals surface area contributed by atoms with Gasteiger partial charge < -0.3 is 14.6 Å². The van der Waals surface area contributed by atoms with Crippen LogP contribution in [0.25, 0.3) is 0 Å². The van der Waals surface area contributed by atoms with Gasteiger partial charge in [0.15, 0.2) is 0 Å². The number of aromatic nitrogens is 2. The maximum atomic E-state index is 11.3. The number of fused-ring (bicyclic) bond motifs is 1. The lowest BCUT2D eigenvalue weighted by molar-refractivity contribution is -0.124. The number of carbonyl (C=O) groups excluding carboxylic acids is 1. The number of rotatable bonds is 4. The Hall–Kier alpha value is -1.40. The summed E-state index contributed by atoms with van der Waals surface area (Å²) in [6.07, 6.45) is 3.70. The molecule has 1 aromatic rings. The second-order valence-corrected chi connectivity index (χ2v) is 4.38. The van der Waals surface area contributed by atoms with Gasteiger partial charge in [0.25, 0.3) is 0 Å². The fourth-order valence-corrected chi connectivity index (χ4v) is 2.15. The predicted molar refractivity (Wildman–Crippen MR) is 62.5 cm³/mol. The van der Waals surface area contributed by atoms with E-state index in [1.165, 1.54) is 12.8 Å². The summed E-state index contributed by atoms with van der Waals surface area (Å²) in [6.45, 7) is 2.54. The third-order valence-corrected chi connectivity index (χ3v) is 2.90. The van der Waals surface area contributed by atoms with Crippen molar-refractivity contribution in [2.24, 2.45) is 0 Å². The lowest BCUT2D eigenvalue weighted by Gasteiger charge is -2.32. The molecule has 0 bridgehead atoms. The molecule has 1 aliphatic rings. The third kappa shape index (κ3) is 2.83. The summed E-state index contributed by atoms with van der Waals surface area (Å²) in [7, 11) is 3.59. The highest BCUT2D eigenvalue weighted by atomic mass is 16.5. The van der Waals surface area contributed by atoms with Gasteiger partial charge in [0.05, 0.1) is 18.1 Å². The first kappa shape index (κ1) is 12.1. The predicted octanol–water partition coefficient (Wildman–Crippen LogP) is -0.368. The lowest BCUT2D eigenvalue weighted by atomic mass is 10.2. The monoisotopic (exact) mass is 238 g/mol. The van der Waals surface area contributed by atoms with Gasteiger partial charge in [-0.1, -0.05) is 0 Å². The Morgan fingerprint density at radius 3 is 3.29 bits per heavy atom. The average Bonchev–Trinajstić information content (AvgIpc) is 2.74. The topological polar surface area (TPSA) is 59.4 Å². The van der Waals surface area contributed by atoms with Gasteiger partial charge in [-0.25, -0.2) is 4.98 Å². The normalized spacial score (nSPS) is 20.0.